The van der Waals surface area contributed by atoms with Gasteiger partial charge in [0.05, 0.1) is 131 Å². The molecule has 0 bridgehead atoms. The summed E-state index contributed by atoms with van der Waals surface area (Å²) in [7, 11) is 1.80. The first-order chi connectivity index (χ1) is 68.4. The molecular formula is C102H113ClF8I3N19O14. The van der Waals surface area contributed by atoms with Crippen LogP contribution in [-0.2, 0) is 30.5 Å². The number of rotatable bonds is 23. The van der Waals surface area contributed by atoms with Crippen LogP contribution in [0.25, 0.3) is 45.0 Å². The van der Waals surface area contributed by atoms with Gasteiger partial charge in [0.25, 0.3) is 11.8 Å². The van der Waals surface area contributed by atoms with Crippen molar-refractivity contribution in [2.24, 2.45) is 5.73 Å². The molecule has 147 heavy (non-hydrogen) atoms. The monoisotopic (exact) mass is 2400 g/mol. The lowest BCUT2D eigenvalue weighted by Gasteiger charge is -2.32. The summed E-state index contributed by atoms with van der Waals surface area (Å²) in [5.74, 6) is -7.01. The lowest BCUT2D eigenvalue weighted by atomic mass is 9.94. The predicted molar refractivity (Wildman–Crippen MR) is 568 cm³/mol. The summed E-state index contributed by atoms with van der Waals surface area (Å²) in [6, 6.07) is 33.7. The zero-order valence-electron chi connectivity index (χ0n) is 77.2. The number of piperidine rings is 4. The molecule has 0 saturated carbocycles. The zero-order chi connectivity index (χ0) is 104. The van der Waals surface area contributed by atoms with E-state index >= 15 is 0 Å². The van der Waals surface area contributed by atoms with Gasteiger partial charge in [0.1, 0.15) is 92.5 Å². The average molecular weight is 2400 g/mol. The largest absolute Gasteiger partial charge is 0.497 e. The number of halogens is 12. The highest BCUT2D eigenvalue weighted by Crippen LogP contribution is 2.37. The fraction of sp³-hybridized carbons (Fsp3) is 0.294. The van der Waals surface area contributed by atoms with Crippen LogP contribution in [0, 0.1) is 51.4 Å². The van der Waals surface area contributed by atoms with Gasteiger partial charge in [0.2, 0.25) is 23.6 Å². The van der Waals surface area contributed by atoms with E-state index in [1.54, 1.807) is 61.1 Å². The molecule has 4 aliphatic rings. The minimum atomic E-state index is -1.34. The molecule has 0 radical (unpaired) electrons. The highest BCUT2D eigenvalue weighted by Gasteiger charge is 2.32. The molecule has 16 rings (SSSR count). The van der Waals surface area contributed by atoms with Crippen LogP contribution in [0.1, 0.15) is 211 Å². The molecule has 8 heterocycles. The normalized spacial score (nSPS) is 15.5. The fourth-order valence-corrected chi connectivity index (χ4v) is 17.3. The number of nitrogens with two attached hydrogens (primary N) is 5. The van der Waals surface area contributed by atoms with Gasteiger partial charge in [0.15, 0.2) is 0 Å². The number of alkyl halides is 1. The molecule has 4 fully saturated rings. The van der Waals surface area contributed by atoms with Gasteiger partial charge in [-0.15, -0.1) is 12.4 Å². The van der Waals surface area contributed by atoms with E-state index in [9.17, 15) is 83.7 Å². The van der Waals surface area contributed by atoms with Crippen molar-refractivity contribution in [1.82, 2.24) is 71.4 Å². The maximum Gasteiger partial charge on any atom is 0.340 e. The highest BCUT2D eigenvalue weighted by atomic mass is 127. The van der Waals surface area contributed by atoms with Crippen LogP contribution in [0.2, 0.25) is 0 Å². The molecule has 4 saturated heterocycles. The fourth-order valence-electron chi connectivity index (χ4n) is 15.4. The van der Waals surface area contributed by atoms with Crippen molar-refractivity contribution < 1.29 is 105 Å². The summed E-state index contributed by atoms with van der Waals surface area (Å²) >= 11 is 5.86. The Kier molecular flexibility index (Phi) is 47.3. The van der Waals surface area contributed by atoms with E-state index < -0.39 is 103 Å². The SMILES string of the molecule is C.C.C.C.COC(=O)c1ccc(-c2nc(C3CCC(=O)N(Cc4ccc(OC)cc4)C3)cnc2N)cc1F.Cl.N[C@H](CO)c1cc(F)cc(I)c1.Nc1ncc(C2CCC(=O)NC2)nc1-c1ccc(C(=O)N[C@H](CO)c2cc(F)cc(I)c2)c(F)c1.Nc1ncc(C2CCC(=O)NC2)nc1-c1ccc(C(=O)N[C@H](CO)c2cc(F)cc(I)c2)c(F)c1.Nc1ncc(C2CCC(=O)NC2)nc1-c1ccc(C(=O)O)c(F)c1.[2H]CF. The van der Waals surface area contributed by atoms with Crippen LogP contribution in [0.5, 0.6) is 5.75 Å². The highest BCUT2D eigenvalue weighted by molar-refractivity contribution is 14.1. The Hall–Kier alpha value is -13.4. The number of methoxy groups -OCH3 is 2. The smallest absolute Gasteiger partial charge is 0.340 e. The van der Waals surface area contributed by atoms with Gasteiger partial charge in [-0.2, -0.15) is 0 Å². The molecule has 33 nitrogen and oxygen atoms in total. The number of nitrogens with one attached hydrogen (secondary N) is 5. The topological polar surface area (TPSA) is 533 Å². The maximum absolute atomic E-state index is 15.0. The number of amides is 6. The molecule has 784 valence electrons. The number of ether oxygens (including phenoxy) is 2. The van der Waals surface area contributed by atoms with E-state index in [2.05, 4.69) is 71.2 Å². The second-order valence-electron chi connectivity index (χ2n) is 32.5. The number of carbonyl (C=O) groups is 8. The Morgan fingerprint density at radius 3 is 1.08 bits per heavy atom. The number of carbonyl (C=O) groups excluding carboxylic acids is 7. The standard InChI is InChI=1S/C25H25FN4O4.2C24H22F2IN5O3.C16H15FN4O3.C8H9FINO.CH3F.4CH4.ClH/c1-33-18-7-3-15(4-8-18)13-30-14-17(6-10-22(30)31)21-12-28-24(27)23(29-21)16-5-9-19(20(26)11-16)25(32)34-2;2*25-15-5-14(6-16(27)8-15)20(11-33)32-24(35)17-3-1-12(7-18(17)26)22-23(28)30-10-19(31-22)13-2-4-21(34)29-9-13;17-11-5-8(1-3-10(11)16(23)24)14-15(18)20-7-12(21-14)9-2-4-13(22)19-6-9;9-6-1-5(8(11)4-12)2-7(10)3-6;1-2;;;;;/h3-5,7-9,11-12,17H,6,10,13-14H2,1-2H3,(H2,27,28);2*1,3,5-8,10,13,20,33H,2,4,9,11H2,(H2,28,30)(H,29,34)(H,32,35);1,3,5,7,9H,2,4,6H2,(H2,18,20)(H,19,22)(H,23,24);1-3,8,12H,4,11H2;1H3;4*1H4;1H/t;2*13?,20-;;8-;;;;;;/m.11.1....../s1/i;;;;;1D;;;;;. The number of aromatic nitrogens is 8. The predicted octanol–water partition coefficient (Wildman–Crippen LogP) is 16.2. The maximum atomic E-state index is 15.0. The first kappa shape index (κ1) is 121. The molecule has 45 heteroatoms. The number of likely N-dealkylation sites (tertiary alicyclic amines) is 1. The second-order valence-corrected chi connectivity index (χ2v) is 36.2. The summed E-state index contributed by atoms with van der Waals surface area (Å²) in [4.78, 5) is 131. The summed E-state index contributed by atoms with van der Waals surface area (Å²) < 4.78 is 126. The van der Waals surface area contributed by atoms with E-state index in [0.717, 1.165) is 33.1 Å². The number of aliphatic hydroxyl groups is 3. The number of anilines is 4. The third kappa shape index (κ3) is 33.0. The minimum absolute atomic E-state index is 0. The number of esters is 1. The number of nitrogens with zero attached hydrogens (tertiary/aromatic N) is 9. The van der Waals surface area contributed by atoms with Crippen molar-refractivity contribution >= 4 is 151 Å². The van der Waals surface area contributed by atoms with Crippen LogP contribution in [0.3, 0.4) is 0 Å². The number of benzene rings is 8. The summed E-state index contributed by atoms with van der Waals surface area (Å²) in [5, 5.41) is 50.5. The van der Waals surface area contributed by atoms with Crippen LogP contribution < -0.4 is 60.0 Å². The Balaban J connectivity index is 0.000000286. The Morgan fingerprint density at radius 1 is 0.463 bits per heavy atom. The number of aliphatic hydroxyl groups excluding tert-OH is 3. The quantitative estimate of drug-likeness (QED) is 0.0161. The van der Waals surface area contributed by atoms with Gasteiger partial charge in [-0.3, -0.25) is 33.2 Å². The summed E-state index contributed by atoms with van der Waals surface area (Å²) in [5.41, 5.74) is 35.8. The molecule has 12 aromatic rings. The van der Waals surface area contributed by atoms with Crippen LogP contribution in [-0.4, -0.2) is 180 Å². The third-order valence-electron chi connectivity index (χ3n) is 22.9. The van der Waals surface area contributed by atoms with Crippen molar-refractivity contribution in [1.29, 1.82) is 0 Å². The van der Waals surface area contributed by atoms with Crippen molar-refractivity contribution in [3.63, 3.8) is 0 Å². The Morgan fingerprint density at radius 2 is 0.782 bits per heavy atom. The lowest BCUT2D eigenvalue weighted by molar-refractivity contribution is -0.134. The minimum Gasteiger partial charge on any atom is -0.497 e. The Labute approximate surface area is 891 Å². The third-order valence-corrected chi connectivity index (χ3v) is 24.8. The number of hydrogen-bond acceptors (Lipinski definition) is 26. The van der Waals surface area contributed by atoms with Crippen molar-refractivity contribution in [2.75, 3.05) is 90.3 Å². The first-order valence-corrected chi connectivity index (χ1v) is 46.8. The van der Waals surface area contributed by atoms with Crippen molar-refractivity contribution in [3.8, 4) is 50.8 Å². The van der Waals surface area contributed by atoms with Gasteiger partial charge in [-0.1, -0.05) is 66.1 Å². The van der Waals surface area contributed by atoms with E-state index in [4.69, 9.17) is 45.0 Å². The molecule has 6 amide bonds. The van der Waals surface area contributed by atoms with E-state index in [0.29, 0.717) is 164 Å². The van der Waals surface area contributed by atoms with Gasteiger partial charge in [0, 0.05) is 115 Å². The molecule has 7 atom stereocenters. The summed E-state index contributed by atoms with van der Waals surface area (Å²) in [6.45, 7) is 1.13. The number of hydrogen-bond donors (Lipinski definition) is 14. The lowest BCUT2D eigenvalue weighted by Crippen LogP contribution is -2.38. The zero-order valence-corrected chi connectivity index (χ0v) is 83.4. The number of aromatic carboxylic acids is 1. The Bertz CT molecular complexity index is 6390. The number of carboxylic acids is 1. The molecule has 4 aromatic heterocycles. The average Bonchev–Trinajstić information content (AvgIpc) is 0.809. The van der Waals surface area contributed by atoms with Gasteiger partial charge in [-0.05, 0) is 231 Å². The van der Waals surface area contributed by atoms with Gasteiger partial charge >= 0.3 is 11.9 Å². The first-order valence-electron chi connectivity index (χ1n) is 44.2. The molecular weight excluding hydrogens is 2280 g/mol. The second kappa shape index (κ2) is 57.6. The molecule has 0 aliphatic carbocycles. The molecule has 0 spiro atoms. The van der Waals surface area contributed by atoms with Crippen LogP contribution in [0.4, 0.5) is 58.4 Å². The molecule has 19 N–H and O–H groups in total. The molecule has 4 unspecified atom stereocenters. The van der Waals surface area contributed by atoms with Crippen LogP contribution in [0.15, 0.2) is 176 Å². The van der Waals surface area contributed by atoms with Crippen molar-refractivity contribution in [2.45, 2.75) is 129 Å². The summed E-state index contributed by atoms with van der Waals surface area (Å²) in [6.07, 6.45) is 10.3. The van der Waals surface area contributed by atoms with E-state index in [-0.39, 0.29) is 153 Å². The van der Waals surface area contributed by atoms with E-state index in [1.165, 1.54) is 92.0 Å². The van der Waals surface area contributed by atoms with Gasteiger partial charge in [-0.25, -0.2) is 80.2 Å². The van der Waals surface area contributed by atoms with E-state index in [1.807, 2.05) is 92.0 Å². The number of nitrogen functional groups attached to an aromatic ring is 4. The van der Waals surface area contributed by atoms with Crippen molar-refractivity contribution in [3.05, 3.63) is 295 Å². The van der Waals surface area contributed by atoms with Crippen LogP contribution >= 0.6 is 80.2 Å². The molecule has 4 aliphatic heterocycles. The van der Waals surface area contributed by atoms with Gasteiger partial charge < -0.3 is 90.1 Å². The molecule has 8 aromatic carbocycles. The number of carboxylic acid groups (broad SMARTS) is 1.